The Hall–Kier alpha value is -3.26. The van der Waals surface area contributed by atoms with Crippen molar-refractivity contribution in [2.75, 3.05) is 5.32 Å². The van der Waals surface area contributed by atoms with Crippen LogP contribution >= 0.6 is 11.3 Å². The maximum Gasteiger partial charge on any atom is 0.408 e. The summed E-state index contributed by atoms with van der Waals surface area (Å²) >= 11 is 1.32. The van der Waals surface area contributed by atoms with E-state index in [0.717, 1.165) is 22.4 Å². The molecule has 0 aliphatic carbocycles. The summed E-state index contributed by atoms with van der Waals surface area (Å²) < 4.78 is 5.17. The van der Waals surface area contributed by atoms with Gasteiger partial charge >= 0.3 is 6.09 Å². The SMILES string of the molecule is CC(NC(=O)OC(C)(C)C)C(=O)Nc1nc(-c2cccc(-c3ccncc3)c2)cs1. The molecule has 0 saturated carbocycles. The first-order valence-corrected chi connectivity index (χ1v) is 10.4. The van der Waals surface area contributed by atoms with Gasteiger partial charge in [0.15, 0.2) is 5.13 Å². The van der Waals surface area contributed by atoms with Gasteiger partial charge in [0.1, 0.15) is 11.6 Å². The molecule has 2 heterocycles. The van der Waals surface area contributed by atoms with Gasteiger partial charge in [-0.15, -0.1) is 11.3 Å². The molecule has 0 saturated heterocycles. The van der Waals surface area contributed by atoms with E-state index >= 15 is 0 Å². The minimum atomic E-state index is -0.762. The Balaban J connectivity index is 1.65. The fourth-order valence-corrected chi connectivity index (χ4v) is 3.35. The van der Waals surface area contributed by atoms with Crippen molar-refractivity contribution in [1.29, 1.82) is 0 Å². The largest absolute Gasteiger partial charge is 0.444 e. The van der Waals surface area contributed by atoms with Crippen molar-refractivity contribution < 1.29 is 14.3 Å². The second-order valence-corrected chi connectivity index (χ2v) is 8.57. The van der Waals surface area contributed by atoms with E-state index in [1.54, 1.807) is 40.1 Å². The van der Waals surface area contributed by atoms with Gasteiger partial charge in [-0.3, -0.25) is 9.78 Å². The highest BCUT2D eigenvalue weighted by Gasteiger charge is 2.21. The van der Waals surface area contributed by atoms with Crippen LogP contribution in [0.3, 0.4) is 0 Å². The van der Waals surface area contributed by atoms with E-state index in [1.807, 2.05) is 41.8 Å². The lowest BCUT2D eigenvalue weighted by molar-refractivity contribution is -0.117. The third-order valence-corrected chi connectivity index (χ3v) is 4.79. The van der Waals surface area contributed by atoms with Crippen LogP contribution in [-0.4, -0.2) is 33.6 Å². The molecule has 2 aromatic heterocycles. The summed E-state index contributed by atoms with van der Waals surface area (Å²) in [7, 11) is 0. The monoisotopic (exact) mass is 424 g/mol. The number of nitrogens with one attached hydrogen (secondary N) is 2. The number of anilines is 1. The molecule has 3 aromatic rings. The Bertz CT molecular complexity index is 1030. The van der Waals surface area contributed by atoms with E-state index in [-0.39, 0.29) is 5.91 Å². The topological polar surface area (TPSA) is 93.2 Å². The van der Waals surface area contributed by atoms with Crippen LogP contribution in [0, 0.1) is 0 Å². The average molecular weight is 425 g/mol. The third-order valence-electron chi connectivity index (χ3n) is 4.03. The lowest BCUT2D eigenvalue weighted by Gasteiger charge is -2.21. The van der Waals surface area contributed by atoms with Crippen molar-refractivity contribution >= 4 is 28.5 Å². The van der Waals surface area contributed by atoms with Crippen LogP contribution < -0.4 is 10.6 Å². The Morgan fingerprint density at radius 2 is 1.77 bits per heavy atom. The fraction of sp³-hybridized carbons (Fsp3) is 0.273. The highest BCUT2D eigenvalue weighted by Crippen LogP contribution is 2.28. The first-order valence-electron chi connectivity index (χ1n) is 9.48. The molecular formula is C22H24N4O3S. The molecule has 0 radical (unpaired) electrons. The summed E-state index contributed by atoms with van der Waals surface area (Å²) in [6.07, 6.45) is 2.87. The number of nitrogens with zero attached hydrogens (tertiary/aromatic N) is 2. The Labute approximate surface area is 179 Å². The smallest absolute Gasteiger partial charge is 0.408 e. The maximum atomic E-state index is 12.4. The molecule has 7 nitrogen and oxygen atoms in total. The van der Waals surface area contributed by atoms with Gasteiger partial charge in [-0.05, 0) is 57.0 Å². The van der Waals surface area contributed by atoms with Gasteiger partial charge in [-0.2, -0.15) is 0 Å². The van der Waals surface area contributed by atoms with Gasteiger partial charge in [0.25, 0.3) is 0 Å². The normalized spacial score (nSPS) is 12.1. The summed E-state index contributed by atoms with van der Waals surface area (Å²) in [4.78, 5) is 32.8. The predicted octanol–water partition coefficient (Wildman–Crippen LogP) is 4.72. The lowest BCUT2D eigenvalue weighted by Crippen LogP contribution is -2.43. The van der Waals surface area contributed by atoms with Crippen LogP contribution in [0.4, 0.5) is 9.93 Å². The van der Waals surface area contributed by atoms with Gasteiger partial charge in [0.2, 0.25) is 5.91 Å². The lowest BCUT2D eigenvalue weighted by atomic mass is 10.0. The number of ether oxygens (including phenoxy) is 1. The zero-order valence-corrected chi connectivity index (χ0v) is 18.1. The number of carbonyl (C=O) groups is 2. The third kappa shape index (κ3) is 5.87. The fourth-order valence-electron chi connectivity index (χ4n) is 2.63. The number of hydrogen-bond acceptors (Lipinski definition) is 6. The van der Waals surface area contributed by atoms with Crippen LogP contribution in [0.25, 0.3) is 22.4 Å². The van der Waals surface area contributed by atoms with Crippen molar-refractivity contribution in [3.05, 3.63) is 54.2 Å². The second kappa shape index (κ2) is 9.04. The van der Waals surface area contributed by atoms with Crippen LogP contribution in [0.1, 0.15) is 27.7 Å². The molecule has 30 heavy (non-hydrogen) atoms. The molecule has 0 spiro atoms. The number of thiazole rings is 1. The molecule has 8 heteroatoms. The van der Waals surface area contributed by atoms with E-state index in [4.69, 9.17) is 4.74 Å². The van der Waals surface area contributed by atoms with Crippen LogP contribution in [-0.2, 0) is 9.53 Å². The number of amides is 2. The quantitative estimate of drug-likeness (QED) is 0.618. The van der Waals surface area contributed by atoms with Crippen molar-refractivity contribution in [2.45, 2.75) is 39.3 Å². The molecule has 2 amide bonds. The molecule has 156 valence electrons. The second-order valence-electron chi connectivity index (χ2n) is 7.71. The number of benzene rings is 1. The number of pyridine rings is 1. The summed E-state index contributed by atoms with van der Waals surface area (Å²) in [5.74, 6) is -0.368. The minimum Gasteiger partial charge on any atom is -0.444 e. The molecule has 0 aliphatic heterocycles. The molecular weight excluding hydrogens is 400 g/mol. The summed E-state index contributed by atoms with van der Waals surface area (Å²) in [5, 5.41) is 7.60. The van der Waals surface area contributed by atoms with E-state index in [0.29, 0.717) is 5.13 Å². The maximum absolute atomic E-state index is 12.4. The first-order chi connectivity index (χ1) is 14.2. The van der Waals surface area contributed by atoms with Gasteiger partial charge in [-0.25, -0.2) is 9.78 Å². The van der Waals surface area contributed by atoms with E-state index in [1.165, 1.54) is 11.3 Å². The molecule has 0 aliphatic rings. The number of hydrogen-bond donors (Lipinski definition) is 2. The molecule has 2 N–H and O–H groups in total. The van der Waals surface area contributed by atoms with Crippen molar-refractivity contribution in [3.8, 4) is 22.4 Å². The van der Waals surface area contributed by atoms with Crippen LogP contribution in [0.15, 0.2) is 54.2 Å². The van der Waals surface area contributed by atoms with Crippen LogP contribution in [0.5, 0.6) is 0 Å². The molecule has 1 unspecified atom stereocenters. The van der Waals surface area contributed by atoms with Crippen molar-refractivity contribution in [3.63, 3.8) is 0 Å². The van der Waals surface area contributed by atoms with E-state index in [9.17, 15) is 9.59 Å². The van der Waals surface area contributed by atoms with Gasteiger partial charge < -0.3 is 15.4 Å². The number of carbonyl (C=O) groups excluding carboxylic acids is 2. The highest BCUT2D eigenvalue weighted by atomic mass is 32.1. The van der Waals surface area contributed by atoms with E-state index in [2.05, 4.69) is 20.6 Å². The summed E-state index contributed by atoms with van der Waals surface area (Å²) in [5.41, 5.74) is 3.20. The molecule has 0 fully saturated rings. The summed E-state index contributed by atoms with van der Waals surface area (Å²) in [6.45, 7) is 6.88. The zero-order chi connectivity index (χ0) is 21.7. The standard InChI is InChI=1S/C22H24N4O3S/c1-14(24-21(28)29-22(2,3)4)19(27)26-20-25-18(13-30-20)17-7-5-6-16(12-17)15-8-10-23-11-9-15/h5-14H,1-4H3,(H,24,28)(H,25,26,27). The molecule has 0 bridgehead atoms. The van der Waals surface area contributed by atoms with E-state index < -0.39 is 17.7 Å². The first kappa shape index (κ1) is 21.4. The number of aromatic nitrogens is 2. The van der Waals surface area contributed by atoms with Gasteiger partial charge in [-0.1, -0.05) is 18.2 Å². The Morgan fingerprint density at radius 1 is 1.07 bits per heavy atom. The number of rotatable bonds is 5. The highest BCUT2D eigenvalue weighted by molar-refractivity contribution is 7.14. The zero-order valence-electron chi connectivity index (χ0n) is 17.3. The van der Waals surface area contributed by atoms with Gasteiger partial charge in [0, 0.05) is 23.3 Å². The van der Waals surface area contributed by atoms with Crippen LogP contribution in [0.2, 0.25) is 0 Å². The van der Waals surface area contributed by atoms with Gasteiger partial charge in [0.05, 0.1) is 5.69 Å². The average Bonchev–Trinajstić information content (AvgIpc) is 3.15. The Kier molecular flexibility index (Phi) is 6.47. The van der Waals surface area contributed by atoms with Crippen molar-refractivity contribution in [1.82, 2.24) is 15.3 Å². The molecule has 1 aromatic carbocycles. The van der Waals surface area contributed by atoms with Crippen molar-refractivity contribution in [2.24, 2.45) is 0 Å². The minimum absolute atomic E-state index is 0.368. The predicted molar refractivity (Wildman–Crippen MR) is 118 cm³/mol. The Morgan fingerprint density at radius 3 is 2.47 bits per heavy atom. The summed E-state index contributed by atoms with van der Waals surface area (Å²) in [6, 6.07) is 11.1. The molecule has 1 atom stereocenters. The molecule has 3 rings (SSSR count). The number of alkyl carbamates (subject to hydrolysis) is 1.